The van der Waals surface area contributed by atoms with E-state index in [4.69, 9.17) is 9.47 Å². The molecule has 138 valence electrons. The fourth-order valence-corrected chi connectivity index (χ4v) is 2.57. The summed E-state index contributed by atoms with van der Waals surface area (Å²) in [7, 11) is 0. The second-order valence-corrected chi connectivity index (χ2v) is 6.08. The van der Waals surface area contributed by atoms with Gasteiger partial charge >= 0.3 is 11.9 Å². The highest BCUT2D eigenvalue weighted by Gasteiger charge is 2.15. The maximum atomic E-state index is 11.3. The summed E-state index contributed by atoms with van der Waals surface area (Å²) in [5.41, 5.74) is 0.992. The summed E-state index contributed by atoms with van der Waals surface area (Å²) in [5.74, 6) is -0.747. The van der Waals surface area contributed by atoms with Gasteiger partial charge in [0.05, 0.1) is 6.10 Å². The number of hydrogen-bond acceptors (Lipinski definition) is 5. The first-order valence-electron chi connectivity index (χ1n) is 8.65. The van der Waals surface area contributed by atoms with Crippen molar-refractivity contribution in [2.24, 2.45) is 0 Å². The molecule has 0 saturated carbocycles. The highest BCUT2D eigenvalue weighted by molar-refractivity contribution is 5.82. The average molecular weight is 356 g/mol. The third kappa shape index (κ3) is 7.49. The normalized spacial score (nSPS) is 19.5. The number of aliphatic hydroxyl groups excluding tert-OH is 1. The molecule has 0 aromatic heterocycles. The quantitative estimate of drug-likeness (QED) is 0.572. The number of carbonyl (C=O) groups is 2. The van der Waals surface area contributed by atoms with Crippen molar-refractivity contribution < 1.29 is 24.2 Å². The zero-order chi connectivity index (χ0) is 18.8. The lowest BCUT2D eigenvalue weighted by Gasteiger charge is -2.17. The Balaban J connectivity index is 1.86. The van der Waals surface area contributed by atoms with Crippen LogP contribution in [0.4, 0.5) is 0 Å². The van der Waals surface area contributed by atoms with E-state index in [1.807, 2.05) is 36.4 Å². The van der Waals surface area contributed by atoms with Crippen molar-refractivity contribution in [3.8, 4) is 0 Å². The minimum atomic E-state index is -0.675. The van der Waals surface area contributed by atoms with Crippen LogP contribution in [0.2, 0.25) is 0 Å². The molecule has 0 saturated heterocycles. The van der Waals surface area contributed by atoms with Crippen LogP contribution in [0.5, 0.6) is 0 Å². The standard InChI is InChI=1S/C21H24O5/c1-16(22)25-20(14-13-17-7-3-2-4-8-17)15-18(23)9-5-10-19-11-6-12-21(24)26-19/h2-8,10,12-14,18-20,23H,9,11,15H2,1H3/b10-5+,14-13+/t18-,19+,20-/m1/s1. The minimum absolute atomic E-state index is 0.289. The summed E-state index contributed by atoms with van der Waals surface area (Å²) in [6.07, 6.45) is 10.2. The number of rotatable bonds is 8. The number of aliphatic hydroxyl groups is 1. The Hall–Kier alpha value is -2.66. The molecule has 1 aromatic rings. The smallest absolute Gasteiger partial charge is 0.331 e. The van der Waals surface area contributed by atoms with Crippen LogP contribution in [-0.2, 0) is 19.1 Å². The summed E-state index contributed by atoms with van der Waals surface area (Å²) < 4.78 is 10.4. The number of carbonyl (C=O) groups excluding carboxylic acids is 2. The molecule has 0 amide bonds. The summed E-state index contributed by atoms with van der Waals surface area (Å²) in [6, 6.07) is 9.66. The molecule has 2 rings (SSSR count). The van der Waals surface area contributed by atoms with Gasteiger partial charge in [0.15, 0.2) is 0 Å². The highest BCUT2D eigenvalue weighted by atomic mass is 16.5. The molecule has 1 aliphatic rings. The maximum absolute atomic E-state index is 11.3. The zero-order valence-corrected chi connectivity index (χ0v) is 14.8. The van der Waals surface area contributed by atoms with Crippen molar-refractivity contribution in [1.29, 1.82) is 0 Å². The Kier molecular flexibility index (Phi) is 7.83. The highest BCUT2D eigenvalue weighted by Crippen LogP contribution is 2.13. The van der Waals surface area contributed by atoms with Gasteiger partial charge in [-0.1, -0.05) is 48.6 Å². The Labute approximate surface area is 153 Å². The molecular weight excluding hydrogens is 332 g/mol. The van der Waals surface area contributed by atoms with Crippen LogP contribution < -0.4 is 0 Å². The van der Waals surface area contributed by atoms with Crippen LogP contribution in [-0.4, -0.2) is 35.4 Å². The van der Waals surface area contributed by atoms with Crippen LogP contribution in [0.1, 0.15) is 31.7 Å². The topological polar surface area (TPSA) is 72.8 Å². The second-order valence-electron chi connectivity index (χ2n) is 6.08. The lowest BCUT2D eigenvalue weighted by Crippen LogP contribution is -2.21. The predicted octanol–water partition coefficient (Wildman–Crippen LogP) is 3.20. The lowest BCUT2D eigenvalue weighted by molar-refractivity contribution is -0.145. The molecule has 0 radical (unpaired) electrons. The van der Waals surface area contributed by atoms with E-state index < -0.39 is 18.2 Å². The molecule has 1 N–H and O–H groups in total. The number of hydrogen-bond donors (Lipinski definition) is 1. The van der Waals surface area contributed by atoms with Gasteiger partial charge in [0.1, 0.15) is 12.2 Å². The van der Waals surface area contributed by atoms with Crippen molar-refractivity contribution in [3.63, 3.8) is 0 Å². The summed E-state index contributed by atoms with van der Waals surface area (Å²) in [6.45, 7) is 1.35. The number of cyclic esters (lactones) is 1. The second kappa shape index (κ2) is 10.4. The molecule has 3 atom stereocenters. The average Bonchev–Trinajstić information content (AvgIpc) is 2.60. The Bertz CT molecular complexity index is 675. The van der Waals surface area contributed by atoms with Gasteiger partial charge in [0.25, 0.3) is 0 Å². The van der Waals surface area contributed by atoms with Gasteiger partial charge in [-0.2, -0.15) is 0 Å². The Morgan fingerprint density at radius 1 is 1.38 bits per heavy atom. The number of esters is 2. The monoisotopic (exact) mass is 356 g/mol. The van der Waals surface area contributed by atoms with Crippen molar-refractivity contribution in [2.75, 3.05) is 0 Å². The van der Waals surface area contributed by atoms with Crippen LogP contribution in [0.15, 0.2) is 60.7 Å². The minimum Gasteiger partial charge on any atom is -0.458 e. The van der Waals surface area contributed by atoms with Crippen molar-refractivity contribution >= 4 is 18.0 Å². The van der Waals surface area contributed by atoms with E-state index >= 15 is 0 Å². The molecule has 5 heteroatoms. The van der Waals surface area contributed by atoms with E-state index in [9.17, 15) is 14.7 Å². The molecule has 0 fully saturated rings. The third-order valence-corrected chi connectivity index (χ3v) is 3.77. The SMILES string of the molecule is CC(=O)O[C@H](/C=C/c1ccccc1)C[C@H](O)C/C=C/[C@H]1CC=CC(=O)O1. The summed E-state index contributed by atoms with van der Waals surface area (Å²) in [4.78, 5) is 22.5. The zero-order valence-electron chi connectivity index (χ0n) is 14.8. The van der Waals surface area contributed by atoms with Crippen molar-refractivity contribution in [1.82, 2.24) is 0 Å². The molecule has 5 nitrogen and oxygen atoms in total. The van der Waals surface area contributed by atoms with E-state index in [2.05, 4.69) is 0 Å². The molecule has 0 spiro atoms. The molecule has 0 aliphatic carbocycles. The van der Waals surface area contributed by atoms with Crippen LogP contribution >= 0.6 is 0 Å². The van der Waals surface area contributed by atoms with E-state index in [0.29, 0.717) is 12.8 Å². The molecule has 26 heavy (non-hydrogen) atoms. The van der Waals surface area contributed by atoms with Crippen LogP contribution in [0.3, 0.4) is 0 Å². The first kappa shape index (κ1) is 19.7. The first-order chi connectivity index (χ1) is 12.5. The first-order valence-corrected chi connectivity index (χ1v) is 8.65. The molecular formula is C21H24O5. The Morgan fingerprint density at radius 2 is 2.15 bits per heavy atom. The van der Waals surface area contributed by atoms with E-state index in [1.165, 1.54) is 13.0 Å². The van der Waals surface area contributed by atoms with Crippen molar-refractivity contribution in [3.05, 3.63) is 66.3 Å². The summed E-state index contributed by atoms with van der Waals surface area (Å²) in [5, 5.41) is 10.2. The van der Waals surface area contributed by atoms with E-state index in [-0.39, 0.29) is 18.5 Å². The predicted molar refractivity (Wildman–Crippen MR) is 99.0 cm³/mol. The molecule has 1 aromatic carbocycles. The Morgan fingerprint density at radius 3 is 2.85 bits per heavy atom. The summed E-state index contributed by atoms with van der Waals surface area (Å²) >= 11 is 0. The van der Waals surface area contributed by atoms with Gasteiger partial charge < -0.3 is 14.6 Å². The van der Waals surface area contributed by atoms with Crippen LogP contribution in [0, 0.1) is 0 Å². The lowest BCUT2D eigenvalue weighted by atomic mass is 10.1. The van der Waals surface area contributed by atoms with Crippen LogP contribution in [0.25, 0.3) is 6.08 Å². The number of benzene rings is 1. The van der Waals surface area contributed by atoms with Gasteiger partial charge in [0.2, 0.25) is 0 Å². The number of ether oxygens (including phenoxy) is 2. The van der Waals surface area contributed by atoms with Gasteiger partial charge in [-0.25, -0.2) is 4.79 Å². The van der Waals surface area contributed by atoms with Gasteiger partial charge in [0, 0.05) is 25.8 Å². The van der Waals surface area contributed by atoms with Gasteiger partial charge in [-0.15, -0.1) is 0 Å². The van der Waals surface area contributed by atoms with Gasteiger partial charge in [-0.05, 0) is 24.1 Å². The molecule has 0 unspecified atom stereocenters. The maximum Gasteiger partial charge on any atom is 0.331 e. The molecule has 1 heterocycles. The van der Waals surface area contributed by atoms with Crippen molar-refractivity contribution in [2.45, 2.75) is 44.5 Å². The molecule has 1 aliphatic heterocycles. The fourth-order valence-electron chi connectivity index (χ4n) is 2.57. The molecule has 0 bridgehead atoms. The van der Waals surface area contributed by atoms with E-state index in [1.54, 1.807) is 24.3 Å². The van der Waals surface area contributed by atoms with E-state index in [0.717, 1.165) is 5.56 Å². The van der Waals surface area contributed by atoms with Gasteiger partial charge in [-0.3, -0.25) is 4.79 Å². The third-order valence-electron chi connectivity index (χ3n) is 3.77. The fraction of sp³-hybridized carbons (Fsp3) is 0.333. The largest absolute Gasteiger partial charge is 0.458 e.